The van der Waals surface area contributed by atoms with Crippen molar-refractivity contribution in [3.05, 3.63) is 91.9 Å². The summed E-state index contributed by atoms with van der Waals surface area (Å²) < 4.78 is 26.4. The predicted molar refractivity (Wildman–Crippen MR) is 134 cm³/mol. The third-order valence-corrected chi connectivity index (χ3v) is 7.18. The van der Waals surface area contributed by atoms with Gasteiger partial charge in [0.1, 0.15) is 16.0 Å². The van der Waals surface area contributed by atoms with Crippen molar-refractivity contribution in [2.24, 2.45) is 5.92 Å². The second kappa shape index (κ2) is 9.63. The van der Waals surface area contributed by atoms with Crippen LogP contribution in [0.3, 0.4) is 0 Å². The molecule has 0 aliphatic heterocycles. The molecule has 4 rings (SSSR count). The molecule has 2 atom stereocenters. The highest BCUT2D eigenvalue weighted by atomic mass is 79.9. The minimum absolute atomic E-state index is 0.0303. The minimum atomic E-state index is -1.35. The normalized spacial score (nSPS) is 18.3. The van der Waals surface area contributed by atoms with Crippen LogP contribution in [0.1, 0.15) is 21.8 Å². The number of anilines is 2. The van der Waals surface area contributed by atoms with Crippen LogP contribution in [0.4, 0.5) is 20.2 Å². The summed E-state index contributed by atoms with van der Waals surface area (Å²) in [7, 11) is 0. The second-order valence-electron chi connectivity index (χ2n) is 7.59. The van der Waals surface area contributed by atoms with E-state index in [9.17, 15) is 18.4 Å². The van der Waals surface area contributed by atoms with Gasteiger partial charge in [-0.3, -0.25) is 9.59 Å². The molecule has 3 aromatic rings. The highest BCUT2D eigenvalue weighted by molar-refractivity contribution is 9.10. The Morgan fingerprint density at radius 1 is 0.941 bits per heavy atom. The van der Waals surface area contributed by atoms with E-state index in [-0.39, 0.29) is 22.0 Å². The summed E-state index contributed by atoms with van der Waals surface area (Å²) in [6.45, 7) is 0. The third-order valence-electron chi connectivity index (χ3n) is 5.24. The summed E-state index contributed by atoms with van der Waals surface area (Å²) in [6.07, 6.45) is 0. The number of hydrogen-bond donors (Lipinski definition) is 2. The van der Waals surface area contributed by atoms with Crippen LogP contribution in [0.25, 0.3) is 0 Å². The van der Waals surface area contributed by atoms with Gasteiger partial charge >= 0.3 is 0 Å². The third kappa shape index (κ3) is 5.19. The van der Waals surface area contributed by atoms with Crippen LogP contribution in [0, 0.1) is 17.6 Å². The number of alkyl halides is 2. The fourth-order valence-electron chi connectivity index (χ4n) is 3.60. The molecule has 0 spiro atoms. The summed E-state index contributed by atoms with van der Waals surface area (Å²) in [6, 6.07) is 12.1. The van der Waals surface area contributed by atoms with Gasteiger partial charge in [0.2, 0.25) is 5.91 Å². The van der Waals surface area contributed by atoms with E-state index in [0.717, 1.165) is 16.6 Å². The molecule has 0 heterocycles. The number of carbonyl (C=O) groups is 2. The van der Waals surface area contributed by atoms with E-state index in [2.05, 4.69) is 26.6 Å². The van der Waals surface area contributed by atoms with Crippen LogP contribution in [-0.4, -0.2) is 16.1 Å². The molecular formula is C23H13BrCl4F2N2O2. The molecule has 2 unspecified atom stereocenters. The molecule has 0 bridgehead atoms. The van der Waals surface area contributed by atoms with Crippen LogP contribution in [0.5, 0.6) is 0 Å². The van der Waals surface area contributed by atoms with E-state index < -0.39 is 39.6 Å². The SMILES string of the molecule is O=C(Nc1ccc(F)cc1F)c1cc(NC(=O)C2C(c3cc(Cl)cc(Br)c3)C2(Cl)Cl)ccc1Cl. The van der Waals surface area contributed by atoms with E-state index in [0.29, 0.717) is 16.7 Å². The molecule has 1 aliphatic rings. The lowest BCUT2D eigenvalue weighted by Crippen LogP contribution is -2.18. The maximum absolute atomic E-state index is 13.9. The van der Waals surface area contributed by atoms with Crippen molar-refractivity contribution in [3.63, 3.8) is 0 Å². The van der Waals surface area contributed by atoms with Gasteiger partial charge in [0.25, 0.3) is 5.91 Å². The number of nitrogens with one attached hydrogen (secondary N) is 2. The summed E-state index contributed by atoms with van der Waals surface area (Å²) in [4.78, 5) is 25.6. The molecule has 3 aromatic carbocycles. The summed E-state index contributed by atoms with van der Waals surface area (Å²) in [5.41, 5.74) is 0.694. The van der Waals surface area contributed by atoms with Gasteiger partial charge < -0.3 is 10.6 Å². The molecule has 176 valence electrons. The molecule has 1 saturated carbocycles. The molecule has 1 fully saturated rings. The van der Waals surface area contributed by atoms with Crippen molar-refractivity contribution in [3.8, 4) is 0 Å². The average molecular weight is 609 g/mol. The summed E-state index contributed by atoms with van der Waals surface area (Å²) in [5, 5.41) is 5.53. The maximum atomic E-state index is 13.9. The lowest BCUT2D eigenvalue weighted by molar-refractivity contribution is -0.117. The van der Waals surface area contributed by atoms with Crippen molar-refractivity contribution in [1.29, 1.82) is 0 Å². The molecule has 0 aromatic heterocycles. The van der Waals surface area contributed by atoms with Gasteiger partial charge in [-0.05, 0) is 54.1 Å². The van der Waals surface area contributed by atoms with Crippen molar-refractivity contribution < 1.29 is 18.4 Å². The standard InChI is InChI=1S/C23H13BrCl4F2N2O2/c24-11-5-10(6-12(25)7-11)19-20(23(19,27)28)22(34)31-14-2-3-16(26)15(9-14)21(33)32-18-4-1-13(29)8-17(18)30/h1-9,19-20H,(H,31,34)(H,32,33). The fourth-order valence-corrected chi connectivity index (χ4v) is 5.52. The molecular weight excluding hydrogens is 596 g/mol. The fraction of sp³-hybridized carbons (Fsp3) is 0.130. The Bertz CT molecular complexity index is 1300. The van der Waals surface area contributed by atoms with E-state index in [1.165, 1.54) is 18.2 Å². The van der Waals surface area contributed by atoms with E-state index in [1.54, 1.807) is 18.2 Å². The van der Waals surface area contributed by atoms with Gasteiger partial charge in [-0.1, -0.05) is 39.1 Å². The van der Waals surface area contributed by atoms with Gasteiger partial charge in [-0.25, -0.2) is 8.78 Å². The van der Waals surface area contributed by atoms with Crippen LogP contribution in [0.15, 0.2) is 59.1 Å². The average Bonchev–Trinajstić information content (AvgIpc) is 3.33. The van der Waals surface area contributed by atoms with Gasteiger partial charge in [0, 0.05) is 27.2 Å². The second-order valence-corrected chi connectivity index (χ2v) is 10.8. The maximum Gasteiger partial charge on any atom is 0.257 e. The Morgan fingerprint density at radius 3 is 2.35 bits per heavy atom. The first kappa shape index (κ1) is 25.2. The lowest BCUT2D eigenvalue weighted by atomic mass is 10.1. The van der Waals surface area contributed by atoms with Crippen LogP contribution < -0.4 is 10.6 Å². The Kier molecular flexibility index (Phi) is 7.14. The van der Waals surface area contributed by atoms with Crippen molar-refractivity contribution in [2.75, 3.05) is 10.6 Å². The van der Waals surface area contributed by atoms with Crippen molar-refractivity contribution in [2.45, 2.75) is 10.3 Å². The molecule has 1 aliphatic carbocycles. The van der Waals surface area contributed by atoms with Crippen LogP contribution in [-0.2, 0) is 4.79 Å². The van der Waals surface area contributed by atoms with E-state index in [4.69, 9.17) is 46.4 Å². The molecule has 0 saturated heterocycles. The van der Waals surface area contributed by atoms with Crippen molar-refractivity contribution in [1.82, 2.24) is 0 Å². The minimum Gasteiger partial charge on any atom is -0.326 e. The van der Waals surface area contributed by atoms with Gasteiger partial charge in [-0.2, -0.15) is 0 Å². The summed E-state index contributed by atoms with van der Waals surface area (Å²) >= 11 is 28.4. The highest BCUT2D eigenvalue weighted by Crippen LogP contribution is 2.65. The van der Waals surface area contributed by atoms with Crippen LogP contribution >= 0.6 is 62.3 Å². The lowest BCUT2D eigenvalue weighted by Gasteiger charge is -2.11. The molecule has 0 radical (unpaired) electrons. The van der Waals surface area contributed by atoms with Crippen molar-refractivity contribution >= 4 is 85.5 Å². The number of carbonyl (C=O) groups excluding carboxylic acids is 2. The highest BCUT2D eigenvalue weighted by Gasteiger charge is 2.67. The molecule has 34 heavy (non-hydrogen) atoms. The smallest absolute Gasteiger partial charge is 0.257 e. The first-order valence-electron chi connectivity index (χ1n) is 9.68. The predicted octanol–water partition coefficient (Wildman–Crippen LogP) is 7.81. The quantitative estimate of drug-likeness (QED) is 0.290. The van der Waals surface area contributed by atoms with Gasteiger partial charge in [0.05, 0.1) is 22.2 Å². The Balaban J connectivity index is 1.52. The number of halogens is 7. The molecule has 2 amide bonds. The monoisotopic (exact) mass is 606 g/mol. The number of rotatable bonds is 5. The zero-order valence-corrected chi connectivity index (χ0v) is 21.4. The Hall–Kier alpha value is -1.90. The Labute approximate surface area is 221 Å². The van der Waals surface area contributed by atoms with E-state index >= 15 is 0 Å². The zero-order chi connectivity index (χ0) is 24.8. The number of hydrogen-bond acceptors (Lipinski definition) is 2. The van der Waals surface area contributed by atoms with Crippen LogP contribution in [0.2, 0.25) is 10.0 Å². The first-order valence-corrected chi connectivity index (χ1v) is 12.0. The van der Waals surface area contributed by atoms with Gasteiger partial charge in [-0.15, -0.1) is 23.2 Å². The van der Waals surface area contributed by atoms with Gasteiger partial charge in [0.15, 0.2) is 0 Å². The molecule has 2 N–H and O–H groups in total. The zero-order valence-electron chi connectivity index (χ0n) is 16.8. The largest absolute Gasteiger partial charge is 0.326 e. The summed E-state index contributed by atoms with van der Waals surface area (Å²) in [5.74, 6) is -4.21. The Morgan fingerprint density at radius 2 is 1.68 bits per heavy atom. The number of benzene rings is 3. The molecule has 11 heteroatoms. The topological polar surface area (TPSA) is 58.2 Å². The number of amides is 2. The molecule has 4 nitrogen and oxygen atoms in total. The first-order chi connectivity index (χ1) is 16.0. The van der Waals surface area contributed by atoms with E-state index in [1.807, 2.05) is 0 Å².